The summed E-state index contributed by atoms with van der Waals surface area (Å²) < 4.78 is 0. The summed E-state index contributed by atoms with van der Waals surface area (Å²) in [5.41, 5.74) is 0. The number of imide groups is 1. The van der Waals surface area contributed by atoms with Crippen LogP contribution in [-0.4, -0.2) is 34.3 Å². The third kappa shape index (κ3) is 4.00. The van der Waals surface area contributed by atoms with Gasteiger partial charge in [0.15, 0.2) is 0 Å². The number of amides is 2. The van der Waals surface area contributed by atoms with Gasteiger partial charge in [0.2, 0.25) is 11.8 Å². The minimum Gasteiger partial charge on any atom is -0.481 e. The van der Waals surface area contributed by atoms with Crippen LogP contribution in [0, 0.1) is 0 Å². The van der Waals surface area contributed by atoms with E-state index in [1.807, 2.05) is 0 Å². The summed E-state index contributed by atoms with van der Waals surface area (Å²) in [5.74, 6) is -0.978. The Kier molecular flexibility index (Phi) is 4.95. The highest BCUT2D eigenvalue weighted by Gasteiger charge is 2.24. The molecular formula is C11H17NO4. The Hall–Kier alpha value is -1.39. The van der Waals surface area contributed by atoms with Gasteiger partial charge in [0.1, 0.15) is 0 Å². The number of aliphatic carboxylic acids is 1. The molecule has 1 N–H and O–H groups in total. The number of hydrogen-bond donors (Lipinski definition) is 1. The second-order valence-corrected chi connectivity index (χ2v) is 4.00. The number of rotatable bonds is 6. The van der Waals surface area contributed by atoms with Gasteiger partial charge in [-0.05, 0) is 19.3 Å². The third-order valence-corrected chi connectivity index (χ3v) is 2.66. The standard InChI is InChI=1S/C11H17NO4/c13-9-5-4-6-10(14)12(9)8-3-1-2-7-11(15)16/h1-8H2,(H,15,16). The molecule has 0 unspecified atom stereocenters. The molecule has 0 spiro atoms. The molecule has 0 aromatic carbocycles. The van der Waals surface area contributed by atoms with E-state index in [0.29, 0.717) is 38.6 Å². The first-order chi connectivity index (χ1) is 7.61. The number of piperidine rings is 1. The van der Waals surface area contributed by atoms with E-state index in [2.05, 4.69) is 0 Å². The minimum absolute atomic E-state index is 0.0884. The number of carbonyl (C=O) groups excluding carboxylic acids is 2. The number of hydrogen-bond acceptors (Lipinski definition) is 3. The smallest absolute Gasteiger partial charge is 0.303 e. The molecule has 5 nitrogen and oxygen atoms in total. The van der Waals surface area contributed by atoms with Gasteiger partial charge in [-0.3, -0.25) is 19.3 Å². The van der Waals surface area contributed by atoms with Crippen molar-refractivity contribution in [3.05, 3.63) is 0 Å². The van der Waals surface area contributed by atoms with Crippen molar-refractivity contribution < 1.29 is 19.5 Å². The predicted octanol–water partition coefficient (Wildman–Crippen LogP) is 1.17. The number of unbranched alkanes of at least 4 members (excludes halogenated alkanes) is 2. The van der Waals surface area contributed by atoms with Crippen molar-refractivity contribution >= 4 is 17.8 Å². The summed E-state index contributed by atoms with van der Waals surface area (Å²) >= 11 is 0. The third-order valence-electron chi connectivity index (χ3n) is 2.66. The van der Waals surface area contributed by atoms with E-state index in [-0.39, 0.29) is 18.2 Å². The van der Waals surface area contributed by atoms with Gasteiger partial charge < -0.3 is 5.11 Å². The zero-order chi connectivity index (χ0) is 12.0. The Balaban J connectivity index is 2.18. The largest absolute Gasteiger partial charge is 0.481 e. The number of carbonyl (C=O) groups is 3. The number of carboxylic acids is 1. The lowest BCUT2D eigenvalue weighted by Gasteiger charge is -2.24. The Labute approximate surface area is 94.4 Å². The van der Waals surface area contributed by atoms with Gasteiger partial charge in [0.25, 0.3) is 0 Å². The first-order valence-electron chi connectivity index (χ1n) is 5.66. The molecule has 0 aromatic rings. The second-order valence-electron chi connectivity index (χ2n) is 4.00. The molecule has 0 saturated carbocycles. The molecule has 2 amide bonds. The van der Waals surface area contributed by atoms with Crippen molar-refractivity contribution in [2.45, 2.75) is 44.9 Å². The topological polar surface area (TPSA) is 74.7 Å². The van der Waals surface area contributed by atoms with Crippen LogP contribution in [0.4, 0.5) is 0 Å². The van der Waals surface area contributed by atoms with Crippen molar-refractivity contribution in [1.82, 2.24) is 4.90 Å². The van der Waals surface area contributed by atoms with E-state index >= 15 is 0 Å². The van der Waals surface area contributed by atoms with Crippen molar-refractivity contribution in [3.63, 3.8) is 0 Å². The molecule has 16 heavy (non-hydrogen) atoms. The highest BCUT2D eigenvalue weighted by Crippen LogP contribution is 2.13. The van der Waals surface area contributed by atoms with E-state index < -0.39 is 5.97 Å². The van der Waals surface area contributed by atoms with E-state index in [9.17, 15) is 14.4 Å². The Morgan fingerprint density at radius 3 is 2.31 bits per heavy atom. The monoisotopic (exact) mass is 227 g/mol. The summed E-state index contributed by atoms with van der Waals surface area (Å²) in [4.78, 5) is 34.3. The summed E-state index contributed by atoms with van der Waals surface area (Å²) in [6.07, 6.45) is 3.77. The zero-order valence-corrected chi connectivity index (χ0v) is 9.28. The molecule has 90 valence electrons. The van der Waals surface area contributed by atoms with Gasteiger partial charge in [-0.15, -0.1) is 0 Å². The van der Waals surface area contributed by atoms with Crippen LogP contribution in [0.2, 0.25) is 0 Å². The Bertz CT molecular complexity index is 272. The molecular weight excluding hydrogens is 210 g/mol. The summed E-state index contributed by atoms with van der Waals surface area (Å²) in [5, 5.41) is 8.43. The molecule has 0 aliphatic carbocycles. The maximum Gasteiger partial charge on any atom is 0.303 e. The van der Waals surface area contributed by atoms with Crippen LogP contribution in [-0.2, 0) is 14.4 Å². The normalized spacial score (nSPS) is 16.6. The van der Waals surface area contributed by atoms with Crippen LogP contribution in [0.25, 0.3) is 0 Å². The highest BCUT2D eigenvalue weighted by molar-refractivity contribution is 5.97. The van der Waals surface area contributed by atoms with Crippen LogP contribution in [0.1, 0.15) is 44.9 Å². The number of carboxylic acid groups (broad SMARTS) is 1. The quantitative estimate of drug-likeness (QED) is 0.546. The Morgan fingerprint density at radius 1 is 1.12 bits per heavy atom. The summed E-state index contributed by atoms with van der Waals surface area (Å²) in [6, 6.07) is 0. The first kappa shape index (κ1) is 12.7. The molecule has 0 aromatic heterocycles. The fraction of sp³-hybridized carbons (Fsp3) is 0.727. The fourth-order valence-electron chi connectivity index (χ4n) is 1.77. The SMILES string of the molecule is O=C(O)CCCCCN1C(=O)CCCC1=O. The molecule has 1 fully saturated rings. The van der Waals surface area contributed by atoms with Crippen molar-refractivity contribution in [2.24, 2.45) is 0 Å². The second kappa shape index (κ2) is 6.25. The average molecular weight is 227 g/mol. The van der Waals surface area contributed by atoms with Gasteiger partial charge in [-0.25, -0.2) is 0 Å². The average Bonchev–Trinajstić information content (AvgIpc) is 2.21. The predicted molar refractivity (Wildman–Crippen MR) is 56.7 cm³/mol. The molecule has 1 saturated heterocycles. The van der Waals surface area contributed by atoms with Crippen LogP contribution < -0.4 is 0 Å². The van der Waals surface area contributed by atoms with Gasteiger partial charge in [0.05, 0.1) is 0 Å². The molecule has 1 rings (SSSR count). The van der Waals surface area contributed by atoms with Crippen LogP contribution in [0.5, 0.6) is 0 Å². The lowest BCUT2D eigenvalue weighted by Crippen LogP contribution is -2.40. The van der Waals surface area contributed by atoms with Crippen molar-refractivity contribution in [2.75, 3.05) is 6.54 Å². The molecule has 1 heterocycles. The summed E-state index contributed by atoms with van der Waals surface area (Å²) in [7, 11) is 0. The van der Waals surface area contributed by atoms with Crippen molar-refractivity contribution in [1.29, 1.82) is 0 Å². The first-order valence-corrected chi connectivity index (χ1v) is 5.66. The maximum atomic E-state index is 11.4. The van der Waals surface area contributed by atoms with Crippen LogP contribution in [0.15, 0.2) is 0 Å². The van der Waals surface area contributed by atoms with Crippen LogP contribution in [0.3, 0.4) is 0 Å². The van der Waals surface area contributed by atoms with E-state index in [4.69, 9.17) is 5.11 Å². The van der Waals surface area contributed by atoms with Gasteiger partial charge in [-0.2, -0.15) is 0 Å². The van der Waals surface area contributed by atoms with E-state index in [1.54, 1.807) is 0 Å². The maximum absolute atomic E-state index is 11.4. The Morgan fingerprint density at radius 2 is 1.75 bits per heavy atom. The molecule has 5 heteroatoms. The molecule has 0 radical (unpaired) electrons. The lowest BCUT2D eigenvalue weighted by molar-refractivity contribution is -0.148. The van der Waals surface area contributed by atoms with E-state index in [0.717, 1.165) is 6.42 Å². The van der Waals surface area contributed by atoms with Crippen LogP contribution >= 0.6 is 0 Å². The summed E-state index contributed by atoms with van der Waals surface area (Å²) in [6.45, 7) is 0.442. The number of likely N-dealkylation sites (tertiary alicyclic amines) is 1. The highest BCUT2D eigenvalue weighted by atomic mass is 16.4. The molecule has 1 aliphatic heterocycles. The van der Waals surface area contributed by atoms with Gasteiger partial charge in [-0.1, -0.05) is 6.42 Å². The zero-order valence-electron chi connectivity index (χ0n) is 9.28. The number of nitrogens with zero attached hydrogens (tertiary/aromatic N) is 1. The molecule has 0 atom stereocenters. The molecule has 1 aliphatic rings. The van der Waals surface area contributed by atoms with Crippen molar-refractivity contribution in [3.8, 4) is 0 Å². The molecule has 0 bridgehead atoms. The van der Waals surface area contributed by atoms with E-state index in [1.165, 1.54) is 4.90 Å². The fourth-order valence-corrected chi connectivity index (χ4v) is 1.77. The van der Waals surface area contributed by atoms with Gasteiger partial charge >= 0.3 is 5.97 Å². The lowest BCUT2D eigenvalue weighted by atomic mass is 10.1. The minimum atomic E-state index is -0.801. The van der Waals surface area contributed by atoms with Gasteiger partial charge in [0, 0.05) is 25.8 Å².